The number of hydrogen-bond donors (Lipinski definition) is 0. The first-order valence-corrected chi connectivity index (χ1v) is 36.4. The molecular formula is C79H67F12N9O6P2Ru. The van der Waals surface area contributed by atoms with Crippen LogP contribution >= 0.6 is 15.6 Å². The van der Waals surface area contributed by atoms with Crippen LogP contribution in [-0.4, -0.2) is 72.6 Å². The Morgan fingerprint density at radius 3 is 0.716 bits per heavy atom. The Kier molecular flexibility index (Phi) is 24.5. The van der Waals surface area contributed by atoms with Gasteiger partial charge in [-0.25, -0.2) is 9.97 Å². The molecule has 0 aliphatic heterocycles. The average Bonchev–Trinajstić information content (AvgIpc) is 0.758. The van der Waals surface area contributed by atoms with Gasteiger partial charge in [-0.2, -0.15) is 0 Å². The number of halogens is 12. The van der Waals surface area contributed by atoms with Gasteiger partial charge in [-0.3, -0.25) is 19.9 Å². The molecule has 0 radical (unpaired) electrons. The first-order chi connectivity index (χ1) is 51.1. The van der Waals surface area contributed by atoms with Crippen molar-refractivity contribution in [3.63, 3.8) is 0 Å². The predicted molar refractivity (Wildman–Crippen MR) is 402 cm³/mol. The number of pyridine rings is 6. The summed E-state index contributed by atoms with van der Waals surface area (Å²) in [4.78, 5) is 35.6. The summed E-state index contributed by atoms with van der Waals surface area (Å²) in [6.45, 7) is 2.09. The Hall–Kier alpha value is -11.7. The summed E-state index contributed by atoms with van der Waals surface area (Å²) in [7, 11) is -11.3. The van der Waals surface area contributed by atoms with Crippen LogP contribution in [0.15, 0.2) is 280 Å². The molecule has 15 nitrogen and oxygen atoms in total. The summed E-state index contributed by atoms with van der Waals surface area (Å²) in [6.07, 6.45) is 7.30. The van der Waals surface area contributed by atoms with Gasteiger partial charge in [0.1, 0.15) is 34.5 Å². The van der Waals surface area contributed by atoms with Crippen LogP contribution in [0.4, 0.5) is 102 Å². The van der Waals surface area contributed by atoms with E-state index in [0.717, 1.165) is 142 Å². The molecule has 0 spiro atoms. The van der Waals surface area contributed by atoms with Gasteiger partial charge in [-0.1, -0.05) is 42.0 Å². The molecule has 30 heteroatoms. The maximum atomic E-state index is 9.87. The predicted octanol–water partition coefficient (Wildman–Crippen LogP) is 25.6. The van der Waals surface area contributed by atoms with Crippen molar-refractivity contribution in [3.8, 4) is 91.2 Å². The average molecular weight is 1630 g/mol. The molecule has 0 fully saturated rings. The van der Waals surface area contributed by atoms with Gasteiger partial charge in [0.2, 0.25) is 0 Å². The zero-order valence-electron chi connectivity index (χ0n) is 58.8. The zero-order valence-corrected chi connectivity index (χ0v) is 62.3. The number of nitrogens with zero attached hydrogens (tertiary/aromatic N) is 9. The van der Waals surface area contributed by atoms with Gasteiger partial charge < -0.3 is 43.1 Å². The van der Waals surface area contributed by atoms with Crippen LogP contribution in [0.2, 0.25) is 0 Å². The molecule has 13 rings (SSSR count). The van der Waals surface area contributed by atoms with Crippen LogP contribution in [0, 0.1) is 6.92 Å². The monoisotopic (exact) mass is 1630 g/mol. The van der Waals surface area contributed by atoms with Crippen LogP contribution in [0.1, 0.15) is 5.56 Å². The SMILES string of the molecule is COc1ccc(N(c2ccc(OC)cc2)c2cc(-c3ccccn3)nc(-c3ccccn3)c2)cc1.COc1ccc(N(c2ccc(OC)cc2)c2ccc(-c3cc(-c4ccc(C)cc4)cc(-c4ccc(N(c5ccc(OC)cc5)c5ccc(OC)cc5)cn4)n3)nc2)cc1.F[P-](F)(F)(F)(F)F.F[P-](F)(F)(F)(F)F.[Ru+2]. The van der Waals surface area contributed by atoms with Crippen LogP contribution in [0.5, 0.6) is 34.5 Å². The standard InChI is InChI=1S/C50H43N5O4.C29H24N4O2.2F6P.Ru/c1-34-6-8-35(9-7-34)36-30-49(47-28-18-41(32-51-47)54(37-10-20-43(56-2)21-11-37)38-12-22-44(57-3)23-13-38)53-50(31-36)48-29-19-42(33-52-48)55(39-14-24-45(58-4)25-15-39)40-16-26-46(59-5)27-17-40;1-34-24-13-9-21(10-14-24)33(22-11-15-25(35-2)16-12-22)23-19-28(26-7-3-5-17-30-26)32-29(20-23)27-8-4-6-18-31-27;2*1-7(2,3,4,5)6;/h6-33H,1-5H3;3-20H,1-2H3;;;/q;;2*-1;+2. The molecular weight excluding hydrogens is 1560 g/mol. The fourth-order valence-electron chi connectivity index (χ4n) is 10.7. The van der Waals surface area contributed by atoms with Gasteiger partial charge in [0.05, 0.1) is 118 Å². The van der Waals surface area contributed by atoms with E-state index in [1.165, 1.54) is 5.56 Å². The quantitative estimate of drug-likeness (QED) is 0.0405. The van der Waals surface area contributed by atoms with Crippen molar-refractivity contribution in [1.29, 1.82) is 0 Å². The number of anilines is 9. The summed E-state index contributed by atoms with van der Waals surface area (Å²) in [6, 6.07) is 84.3. The minimum Gasteiger partial charge on any atom is 2.00 e. The van der Waals surface area contributed by atoms with Crippen molar-refractivity contribution in [1.82, 2.24) is 29.9 Å². The Labute approximate surface area is 632 Å². The first-order valence-electron chi connectivity index (χ1n) is 32.3. The summed E-state index contributed by atoms with van der Waals surface area (Å²) in [5.41, 5.74) is 17.8. The molecule has 6 heterocycles. The van der Waals surface area contributed by atoms with Crippen LogP contribution < -0.4 is 43.1 Å². The summed E-state index contributed by atoms with van der Waals surface area (Å²) in [5.74, 6) is 4.71. The number of aryl methyl sites for hydroxylation is 1. The normalized spacial score (nSPS) is 12.2. The Bertz CT molecular complexity index is 4730. The van der Waals surface area contributed by atoms with Crippen molar-refractivity contribution in [2.75, 3.05) is 57.4 Å². The summed E-state index contributed by atoms with van der Waals surface area (Å²) < 4.78 is 151. The Morgan fingerprint density at radius 1 is 0.248 bits per heavy atom. The van der Waals surface area contributed by atoms with E-state index < -0.39 is 15.6 Å². The van der Waals surface area contributed by atoms with Gasteiger partial charge in [-0.15, -0.1) is 0 Å². The Morgan fingerprint density at radius 2 is 0.486 bits per heavy atom. The molecule has 0 unspecified atom stereocenters. The maximum Gasteiger partial charge on any atom is 2.00 e. The second-order valence-corrected chi connectivity index (χ2v) is 27.3. The fraction of sp³-hybridized carbons (Fsp3) is 0.0886. The number of methoxy groups -OCH3 is 6. The second kappa shape index (κ2) is 32.8. The molecule has 0 aliphatic rings. The maximum absolute atomic E-state index is 10.7. The van der Waals surface area contributed by atoms with Gasteiger partial charge in [0.25, 0.3) is 0 Å². The topological polar surface area (TPSA) is 142 Å². The van der Waals surface area contributed by atoms with E-state index in [1.807, 2.05) is 219 Å². The Balaban J connectivity index is 0.000000230. The van der Waals surface area contributed by atoms with E-state index in [2.05, 4.69) is 80.1 Å². The molecule has 566 valence electrons. The van der Waals surface area contributed by atoms with Crippen LogP contribution in [-0.2, 0) is 19.5 Å². The molecule has 6 aromatic heterocycles. The molecule has 13 aromatic rings. The molecule has 0 bridgehead atoms. The molecule has 0 amide bonds. The number of hydrogen-bond acceptors (Lipinski definition) is 15. The first kappa shape index (κ1) is 81.4. The summed E-state index contributed by atoms with van der Waals surface area (Å²) in [5, 5.41) is 0. The van der Waals surface area contributed by atoms with Gasteiger partial charge in [0.15, 0.2) is 0 Å². The molecule has 0 saturated carbocycles. The molecule has 0 N–H and O–H groups in total. The van der Waals surface area contributed by atoms with Gasteiger partial charge in [-0.05, 0) is 236 Å². The van der Waals surface area contributed by atoms with Crippen molar-refractivity contribution in [3.05, 3.63) is 285 Å². The largest absolute Gasteiger partial charge is 2.00 e. The number of rotatable bonds is 20. The molecule has 109 heavy (non-hydrogen) atoms. The molecule has 7 aromatic carbocycles. The smallest absolute Gasteiger partial charge is 2.00 e. The minimum absolute atomic E-state index is 0. The summed E-state index contributed by atoms with van der Waals surface area (Å²) >= 11 is 0. The second-order valence-electron chi connectivity index (χ2n) is 23.4. The molecule has 0 aliphatic carbocycles. The van der Waals surface area contributed by atoms with Crippen molar-refractivity contribution in [2.45, 2.75) is 6.92 Å². The van der Waals surface area contributed by atoms with E-state index in [0.29, 0.717) is 0 Å². The van der Waals surface area contributed by atoms with Gasteiger partial charge in [0, 0.05) is 46.5 Å². The zero-order chi connectivity index (χ0) is 77.6. The van der Waals surface area contributed by atoms with E-state index >= 15 is 0 Å². The van der Waals surface area contributed by atoms with E-state index in [1.54, 1.807) is 55.1 Å². The fourth-order valence-corrected chi connectivity index (χ4v) is 10.7. The third-order valence-electron chi connectivity index (χ3n) is 15.7. The molecule has 0 atom stereocenters. The van der Waals surface area contributed by atoms with Crippen molar-refractivity contribution in [2.24, 2.45) is 0 Å². The van der Waals surface area contributed by atoms with Gasteiger partial charge >= 0.3 is 85.5 Å². The third-order valence-corrected chi connectivity index (χ3v) is 15.7. The van der Waals surface area contributed by atoms with E-state index in [9.17, 15) is 50.4 Å². The number of benzene rings is 7. The third kappa shape index (κ3) is 24.7. The number of ether oxygens (including phenoxy) is 6. The number of aromatic nitrogens is 6. The van der Waals surface area contributed by atoms with Crippen molar-refractivity contribution >= 4 is 66.8 Å². The molecule has 0 saturated heterocycles. The minimum atomic E-state index is -10.7. The van der Waals surface area contributed by atoms with E-state index in [4.69, 9.17) is 48.4 Å². The van der Waals surface area contributed by atoms with Crippen LogP contribution in [0.25, 0.3) is 56.7 Å². The van der Waals surface area contributed by atoms with Crippen molar-refractivity contribution < 1.29 is 98.3 Å². The van der Waals surface area contributed by atoms with E-state index in [-0.39, 0.29) is 19.5 Å². The van der Waals surface area contributed by atoms with Crippen LogP contribution in [0.3, 0.4) is 0 Å².